The molecule has 5 nitrogen and oxygen atoms in total. The van der Waals surface area contributed by atoms with Gasteiger partial charge in [-0.2, -0.15) is 18.5 Å². The van der Waals surface area contributed by atoms with Crippen LogP contribution in [0.4, 0.5) is 11.8 Å². The number of aryl methyl sites for hydroxylation is 1. The topological polar surface area (TPSA) is 84.1 Å². The van der Waals surface area contributed by atoms with Crippen LogP contribution in [0.15, 0.2) is 5.38 Å². The van der Waals surface area contributed by atoms with Crippen LogP contribution in [-0.4, -0.2) is 27.7 Å². The smallest absolute Gasteiger partial charge is 0.222 e. The highest BCUT2D eigenvalue weighted by Crippen LogP contribution is 2.30. The minimum absolute atomic E-state index is 0. The maximum atomic E-state index is 9.19. The second kappa shape index (κ2) is 8.41. The summed E-state index contributed by atoms with van der Waals surface area (Å²) in [5.41, 5.74) is 7.84. The summed E-state index contributed by atoms with van der Waals surface area (Å²) in [6, 6.07) is 0.222. The van der Waals surface area contributed by atoms with Gasteiger partial charge in [-0.05, 0) is 30.7 Å². The molecule has 21 heavy (non-hydrogen) atoms. The molecule has 0 aliphatic rings. The average molecular weight is 329 g/mol. The standard InChI is InChI=1S/C14H22N4OS.H2S/c1-3-4-5-10(6-7-19)16-13-12-11(9(2)8-20-12)17-14(15)18-13;/h8,10,19H,3-7H2,1-2H3,(H3,15,16,17,18);1H2/t10-;/m0./s1. The van der Waals surface area contributed by atoms with E-state index >= 15 is 0 Å². The number of aliphatic hydroxyl groups excluding tert-OH is 1. The van der Waals surface area contributed by atoms with Gasteiger partial charge in [-0.1, -0.05) is 19.8 Å². The number of nitrogen functional groups attached to an aromatic ring is 1. The number of hydrogen-bond acceptors (Lipinski definition) is 6. The summed E-state index contributed by atoms with van der Waals surface area (Å²) < 4.78 is 1.04. The van der Waals surface area contributed by atoms with Gasteiger partial charge in [-0.3, -0.25) is 0 Å². The molecule has 0 unspecified atom stereocenters. The average Bonchev–Trinajstić information content (AvgIpc) is 2.78. The van der Waals surface area contributed by atoms with Crippen LogP contribution in [0.2, 0.25) is 0 Å². The Balaban J connectivity index is 0.00000220. The second-order valence-corrected chi connectivity index (χ2v) is 5.90. The SMILES string of the molecule is CCCC[C@@H](CCO)Nc1nc(N)nc2c(C)csc12.S. The monoisotopic (exact) mass is 328 g/mol. The number of rotatable bonds is 7. The number of aromatic nitrogens is 2. The highest BCUT2D eigenvalue weighted by molar-refractivity contribution is 7.59. The first-order chi connectivity index (χ1) is 9.65. The van der Waals surface area contributed by atoms with Crippen LogP contribution in [-0.2, 0) is 0 Å². The molecule has 0 saturated heterocycles. The van der Waals surface area contributed by atoms with Gasteiger partial charge in [-0.15, -0.1) is 11.3 Å². The molecule has 2 aromatic heterocycles. The fraction of sp³-hybridized carbons (Fsp3) is 0.571. The Labute approximate surface area is 136 Å². The molecule has 0 spiro atoms. The van der Waals surface area contributed by atoms with E-state index in [0.717, 1.165) is 47.3 Å². The maximum absolute atomic E-state index is 9.19. The van der Waals surface area contributed by atoms with Gasteiger partial charge in [0, 0.05) is 12.6 Å². The number of anilines is 2. The molecule has 0 fully saturated rings. The van der Waals surface area contributed by atoms with Crippen molar-refractivity contribution >= 4 is 46.8 Å². The molecule has 118 valence electrons. The van der Waals surface area contributed by atoms with Gasteiger partial charge >= 0.3 is 0 Å². The van der Waals surface area contributed by atoms with Crippen LogP contribution >= 0.6 is 24.8 Å². The number of unbranched alkanes of at least 4 members (excludes halogenated alkanes) is 1. The Morgan fingerprint density at radius 2 is 2.14 bits per heavy atom. The first-order valence-corrected chi connectivity index (χ1v) is 7.92. The summed E-state index contributed by atoms with van der Waals surface area (Å²) in [5.74, 6) is 1.08. The second-order valence-electron chi connectivity index (χ2n) is 5.02. The summed E-state index contributed by atoms with van der Waals surface area (Å²) in [6.07, 6.45) is 4.01. The van der Waals surface area contributed by atoms with Crippen molar-refractivity contribution in [1.29, 1.82) is 0 Å². The number of hydrogen-bond donors (Lipinski definition) is 3. The van der Waals surface area contributed by atoms with Crippen molar-refractivity contribution in [1.82, 2.24) is 9.97 Å². The quantitative estimate of drug-likeness (QED) is 0.727. The van der Waals surface area contributed by atoms with E-state index in [1.165, 1.54) is 0 Å². The van der Waals surface area contributed by atoms with Crippen molar-refractivity contribution in [3.05, 3.63) is 10.9 Å². The minimum Gasteiger partial charge on any atom is -0.396 e. The fourth-order valence-electron chi connectivity index (χ4n) is 2.24. The van der Waals surface area contributed by atoms with Gasteiger partial charge in [0.05, 0.1) is 10.2 Å². The molecular weight excluding hydrogens is 304 g/mol. The molecule has 0 bridgehead atoms. The molecule has 0 amide bonds. The van der Waals surface area contributed by atoms with Gasteiger partial charge in [-0.25, -0.2) is 4.98 Å². The molecule has 1 atom stereocenters. The molecule has 7 heteroatoms. The molecule has 0 aromatic carbocycles. The van der Waals surface area contributed by atoms with Gasteiger partial charge in [0.25, 0.3) is 0 Å². The van der Waals surface area contributed by atoms with E-state index in [4.69, 9.17) is 5.73 Å². The fourth-order valence-corrected chi connectivity index (χ4v) is 3.18. The zero-order valence-corrected chi connectivity index (χ0v) is 14.3. The predicted molar refractivity (Wildman–Crippen MR) is 95.6 cm³/mol. The molecule has 2 heterocycles. The third kappa shape index (κ3) is 4.46. The van der Waals surface area contributed by atoms with Gasteiger partial charge in [0.2, 0.25) is 5.95 Å². The number of thiophene rings is 1. The van der Waals surface area contributed by atoms with Crippen molar-refractivity contribution < 1.29 is 5.11 Å². The Morgan fingerprint density at radius 3 is 2.81 bits per heavy atom. The van der Waals surface area contributed by atoms with Gasteiger partial charge in [0.15, 0.2) is 0 Å². The van der Waals surface area contributed by atoms with Gasteiger partial charge < -0.3 is 16.2 Å². The normalized spacial score (nSPS) is 12.1. The summed E-state index contributed by atoms with van der Waals surface area (Å²) in [6.45, 7) is 4.37. The largest absolute Gasteiger partial charge is 0.396 e. The van der Waals surface area contributed by atoms with Crippen LogP contribution < -0.4 is 11.1 Å². The zero-order valence-electron chi connectivity index (χ0n) is 12.5. The van der Waals surface area contributed by atoms with E-state index in [-0.39, 0.29) is 26.1 Å². The lowest BCUT2D eigenvalue weighted by atomic mass is 10.1. The lowest BCUT2D eigenvalue weighted by Gasteiger charge is -2.18. The first-order valence-electron chi connectivity index (χ1n) is 7.04. The Kier molecular flexibility index (Phi) is 7.21. The molecule has 2 aromatic rings. The van der Waals surface area contributed by atoms with Crippen molar-refractivity contribution in [3.8, 4) is 0 Å². The lowest BCUT2D eigenvalue weighted by molar-refractivity contribution is 0.276. The van der Waals surface area contributed by atoms with Crippen molar-refractivity contribution in [2.45, 2.75) is 45.6 Å². The van der Waals surface area contributed by atoms with Gasteiger partial charge in [0.1, 0.15) is 5.82 Å². The Hall–Kier alpha value is -1.05. The number of fused-ring (bicyclic) bond motifs is 1. The van der Waals surface area contributed by atoms with Crippen LogP contribution in [0.3, 0.4) is 0 Å². The van der Waals surface area contributed by atoms with Crippen LogP contribution in [0.25, 0.3) is 10.2 Å². The van der Waals surface area contributed by atoms with Crippen LogP contribution in [0, 0.1) is 6.92 Å². The van der Waals surface area contributed by atoms with Crippen LogP contribution in [0.5, 0.6) is 0 Å². The zero-order chi connectivity index (χ0) is 14.5. The number of aliphatic hydroxyl groups is 1. The number of nitrogens with one attached hydrogen (secondary N) is 1. The van der Waals surface area contributed by atoms with E-state index in [0.29, 0.717) is 5.95 Å². The first kappa shape index (κ1) is 18.0. The van der Waals surface area contributed by atoms with E-state index in [2.05, 4.69) is 27.6 Å². The highest BCUT2D eigenvalue weighted by atomic mass is 32.1. The summed E-state index contributed by atoms with van der Waals surface area (Å²) in [4.78, 5) is 8.63. The van der Waals surface area contributed by atoms with Crippen molar-refractivity contribution in [2.75, 3.05) is 17.7 Å². The molecule has 0 saturated carbocycles. The number of nitrogens with zero attached hydrogens (tertiary/aromatic N) is 2. The summed E-state index contributed by atoms with van der Waals surface area (Å²) in [7, 11) is 0. The molecule has 0 radical (unpaired) electrons. The molecule has 4 N–H and O–H groups in total. The van der Waals surface area contributed by atoms with E-state index in [1.807, 2.05) is 6.92 Å². The maximum Gasteiger partial charge on any atom is 0.222 e. The van der Waals surface area contributed by atoms with E-state index in [9.17, 15) is 5.11 Å². The molecule has 0 aliphatic heterocycles. The number of nitrogens with two attached hydrogens (primary N) is 1. The minimum atomic E-state index is 0. The lowest BCUT2D eigenvalue weighted by Crippen LogP contribution is -2.22. The van der Waals surface area contributed by atoms with Crippen molar-refractivity contribution in [3.63, 3.8) is 0 Å². The highest BCUT2D eigenvalue weighted by Gasteiger charge is 2.14. The molecule has 0 aliphatic carbocycles. The van der Waals surface area contributed by atoms with Crippen LogP contribution in [0.1, 0.15) is 38.2 Å². The molecule has 2 rings (SSSR count). The summed E-state index contributed by atoms with van der Waals surface area (Å²) >= 11 is 1.63. The molecular formula is C14H24N4OS2. The van der Waals surface area contributed by atoms with E-state index < -0.39 is 0 Å². The Morgan fingerprint density at radius 1 is 1.38 bits per heavy atom. The van der Waals surface area contributed by atoms with E-state index in [1.54, 1.807) is 11.3 Å². The van der Waals surface area contributed by atoms with Crippen molar-refractivity contribution in [2.24, 2.45) is 0 Å². The third-order valence-corrected chi connectivity index (χ3v) is 4.43. The summed E-state index contributed by atoms with van der Waals surface area (Å²) in [5, 5.41) is 14.7. The Bertz CT molecular complexity index is 573. The third-order valence-electron chi connectivity index (χ3n) is 3.33. The predicted octanol–water partition coefficient (Wildman–Crippen LogP) is 3.05.